The number of nitriles is 1. The van der Waals surface area contributed by atoms with E-state index in [0.717, 1.165) is 5.56 Å². The van der Waals surface area contributed by atoms with E-state index in [9.17, 15) is 0 Å². The predicted molar refractivity (Wildman–Crippen MR) is 66.3 cm³/mol. The van der Waals surface area contributed by atoms with Crippen molar-refractivity contribution >= 4 is 0 Å². The summed E-state index contributed by atoms with van der Waals surface area (Å²) in [5.41, 5.74) is 1.44. The van der Waals surface area contributed by atoms with Crippen molar-refractivity contribution in [3.8, 4) is 17.7 Å². The van der Waals surface area contributed by atoms with Crippen LogP contribution in [0.25, 0.3) is 0 Å². The van der Waals surface area contributed by atoms with Gasteiger partial charge in [-0.25, -0.2) is 4.98 Å². The van der Waals surface area contributed by atoms with Crippen molar-refractivity contribution in [3.63, 3.8) is 0 Å². The minimum absolute atomic E-state index is 0.353. The van der Waals surface area contributed by atoms with Gasteiger partial charge in [0.15, 0.2) is 0 Å². The van der Waals surface area contributed by atoms with E-state index >= 15 is 0 Å². The molecule has 0 N–H and O–H groups in total. The average Bonchev–Trinajstić information content (AvgIpc) is 2.46. The summed E-state index contributed by atoms with van der Waals surface area (Å²) in [6.07, 6.45) is 1.67. The molecular weight excluding hydrogens is 228 g/mol. The van der Waals surface area contributed by atoms with Crippen LogP contribution in [0.3, 0.4) is 0 Å². The lowest BCUT2D eigenvalue weighted by atomic mass is 10.1. The second-order valence-corrected chi connectivity index (χ2v) is 3.60. The molecule has 0 radical (unpaired) electrons. The monoisotopic (exact) mass is 240 g/mol. The number of hydrogen-bond acceptors (Lipinski definition) is 4. The maximum absolute atomic E-state index is 8.81. The van der Waals surface area contributed by atoms with E-state index in [-0.39, 0.29) is 0 Å². The highest BCUT2D eigenvalue weighted by Gasteiger charge is 2.05. The molecule has 2 aromatic rings. The normalized spacial score (nSPS) is 9.56. The molecule has 1 aromatic heterocycles. The second-order valence-electron chi connectivity index (χ2n) is 3.60. The van der Waals surface area contributed by atoms with Gasteiger partial charge >= 0.3 is 0 Å². The lowest BCUT2D eigenvalue weighted by Gasteiger charge is -2.09. The molecule has 4 nitrogen and oxygen atoms in total. The number of aromatic nitrogens is 1. The van der Waals surface area contributed by atoms with Gasteiger partial charge in [0.2, 0.25) is 5.88 Å². The zero-order valence-electron chi connectivity index (χ0n) is 9.96. The van der Waals surface area contributed by atoms with Crippen molar-refractivity contribution in [3.05, 3.63) is 53.7 Å². The highest BCUT2D eigenvalue weighted by Crippen LogP contribution is 2.21. The highest BCUT2D eigenvalue weighted by atomic mass is 16.5. The van der Waals surface area contributed by atoms with Crippen molar-refractivity contribution in [2.24, 2.45) is 0 Å². The smallest absolute Gasteiger partial charge is 0.213 e. The lowest BCUT2D eigenvalue weighted by Crippen LogP contribution is -2.00. The third-order valence-corrected chi connectivity index (χ3v) is 2.43. The first-order valence-corrected chi connectivity index (χ1v) is 5.44. The molecule has 0 bridgehead atoms. The fourth-order valence-corrected chi connectivity index (χ4v) is 1.52. The number of methoxy groups -OCH3 is 1. The quantitative estimate of drug-likeness (QED) is 0.824. The van der Waals surface area contributed by atoms with E-state index in [1.807, 2.05) is 18.2 Å². The molecule has 1 aromatic carbocycles. The summed E-state index contributed by atoms with van der Waals surface area (Å²) < 4.78 is 10.8. The summed E-state index contributed by atoms with van der Waals surface area (Å²) in [7, 11) is 1.57. The number of hydrogen-bond donors (Lipinski definition) is 0. The molecule has 1 heterocycles. The topological polar surface area (TPSA) is 55.1 Å². The van der Waals surface area contributed by atoms with Crippen molar-refractivity contribution in [2.75, 3.05) is 7.11 Å². The van der Waals surface area contributed by atoms with Crippen LogP contribution in [0.5, 0.6) is 11.6 Å². The molecule has 0 atom stereocenters. The molecule has 18 heavy (non-hydrogen) atoms. The van der Waals surface area contributed by atoms with Crippen molar-refractivity contribution < 1.29 is 9.47 Å². The summed E-state index contributed by atoms with van der Waals surface area (Å²) in [6, 6.07) is 12.8. The molecule has 0 unspecified atom stereocenters. The molecule has 0 fully saturated rings. The first-order chi connectivity index (χ1) is 8.83. The van der Waals surface area contributed by atoms with Crippen LogP contribution in [0.15, 0.2) is 42.6 Å². The van der Waals surface area contributed by atoms with Crippen LogP contribution in [-0.2, 0) is 6.61 Å². The Morgan fingerprint density at radius 3 is 2.83 bits per heavy atom. The third-order valence-electron chi connectivity index (χ3n) is 2.43. The van der Waals surface area contributed by atoms with Gasteiger partial charge < -0.3 is 9.47 Å². The molecular formula is C14H12N2O2. The zero-order valence-corrected chi connectivity index (χ0v) is 9.96. The van der Waals surface area contributed by atoms with Gasteiger partial charge in [0.05, 0.1) is 18.7 Å². The van der Waals surface area contributed by atoms with E-state index in [0.29, 0.717) is 23.8 Å². The van der Waals surface area contributed by atoms with Crippen LogP contribution in [0.1, 0.15) is 11.1 Å². The van der Waals surface area contributed by atoms with Crippen LogP contribution in [0, 0.1) is 11.3 Å². The maximum Gasteiger partial charge on any atom is 0.213 e. The Morgan fingerprint density at radius 2 is 2.17 bits per heavy atom. The Labute approximate surface area is 105 Å². The summed E-state index contributed by atoms with van der Waals surface area (Å²) >= 11 is 0. The van der Waals surface area contributed by atoms with Crippen LogP contribution in [0.4, 0.5) is 0 Å². The van der Waals surface area contributed by atoms with Crippen molar-refractivity contribution in [1.29, 1.82) is 5.26 Å². The maximum atomic E-state index is 8.81. The van der Waals surface area contributed by atoms with Gasteiger partial charge in [0.25, 0.3) is 0 Å². The number of benzene rings is 1. The highest BCUT2D eigenvalue weighted by molar-refractivity contribution is 5.42. The minimum atomic E-state index is 0.353. The fourth-order valence-electron chi connectivity index (χ4n) is 1.52. The summed E-state index contributed by atoms with van der Waals surface area (Å²) in [6.45, 7) is 0.353. The van der Waals surface area contributed by atoms with Gasteiger partial charge in [-0.1, -0.05) is 12.1 Å². The first-order valence-electron chi connectivity index (χ1n) is 5.44. The average molecular weight is 240 g/mol. The van der Waals surface area contributed by atoms with Crippen molar-refractivity contribution in [2.45, 2.75) is 6.61 Å². The SMILES string of the molecule is COc1cc(C#N)ccc1COc1ccccn1. The largest absolute Gasteiger partial charge is 0.496 e. The number of nitrogens with zero attached hydrogens (tertiary/aromatic N) is 2. The molecule has 4 heteroatoms. The standard InChI is InChI=1S/C14H12N2O2/c1-17-13-8-11(9-15)5-6-12(13)10-18-14-4-2-3-7-16-14/h2-8H,10H2,1H3. The Balaban J connectivity index is 2.12. The van der Waals surface area contributed by atoms with Crippen molar-refractivity contribution in [1.82, 2.24) is 4.98 Å². The summed E-state index contributed by atoms with van der Waals surface area (Å²) in [5, 5.41) is 8.81. The van der Waals surface area contributed by atoms with E-state index < -0.39 is 0 Å². The van der Waals surface area contributed by atoms with E-state index in [1.54, 1.807) is 31.5 Å². The molecule has 0 amide bonds. The van der Waals surface area contributed by atoms with Gasteiger partial charge in [-0.15, -0.1) is 0 Å². The molecule has 2 rings (SSSR count). The number of pyridine rings is 1. The molecule has 0 spiro atoms. The third kappa shape index (κ3) is 2.77. The van der Waals surface area contributed by atoms with Gasteiger partial charge in [0, 0.05) is 17.8 Å². The molecule has 0 saturated heterocycles. The predicted octanol–water partition coefficient (Wildman–Crippen LogP) is 2.54. The zero-order chi connectivity index (χ0) is 12.8. The van der Waals surface area contributed by atoms with Crippen LogP contribution < -0.4 is 9.47 Å². The van der Waals surface area contributed by atoms with Gasteiger partial charge in [-0.05, 0) is 18.2 Å². The number of rotatable bonds is 4. The molecule has 0 saturated carbocycles. The molecule has 90 valence electrons. The Kier molecular flexibility index (Phi) is 3.77. The van der Waals surface area contributed by atoms with Crippen LogP contribution in [-0.4, -0.2) is 12.1 Å². The summed E-state index contributed by atoms with van der Waals surface area (Å²) in [4.78, 5) is 4.07. The Bertz CT molecular complexity index is 562. The lowest BCUT2D eigenvalue weighted by molar-refractivity contribution is 0.285. The molecule has 0 aliphatic heterocycles. The Morgan fingerprint density at radius 1 is 1.28 bits per heavy atom. The number of ether oxygens (including phenoxy) is 2. The van der Waals surface area contributed by atoms with E-state index in [1.165, 1.54) is 0 Å². The first kappa shape index (κ1) is 11.9. The van der Waals surface area contributed by atoms with Gasteiger partial charge in [0.1, 0.15) is 12.4 Å². The minimum Gasteiger partial charge on any atom is -0.496 e. The summed E-state index contributed by atoms with van der Waals surface area (Å²) in [5.74, 6) is 1.20. The molecule has 0 aliphatic rings. The molecule has 0 aliphatic carbocycles. The van der Waals surface area contributed by atoms with Crippen LogP contribution in [0.2, 0.25) is 0 Å². The fraction of sp³-hybridized carbons (Fsp3) is 0.143. The van der Waals surface area contributed by atoms with E-state index in [4.69, 9.17) is 14.7 Å². The van der Waals surface area contributed by atoms with Gasteiger partial charge in [-0.3, -0.25) is 0 Å². The van der Waals surface area contributed by atoms with Crippen LogP contribution >= 0.6 is 0 Å². The van der Waals surface area contributed by atoms with E-state index in [2.05, 4.69) is 11.1 Å². The Hall–Kier alpha value is -2.54. The van der Waals surface area contributed by atoms with Gasteiger partial charge in [-0.2, -0.15) is 5.26 Å². The second kappa shape index (κ2) is 5.69.